The molecule has 0 amide bonds. The van der Waals surface area contributed by atoms with Crippen molar-refractivity contribution >= 4 is 0 Å². The highest BCUT2D eigenvalue weighted by molar-refractivity contribution is 4.92. The summed E-state index contributed by atoms with van der Waals surface area (Å²) >= 11 is 0. The predicted molar refractivity (Wildman–Crippen MR) is 61.7 cm³/mol. The van der Waals surface area contributed by atoms with E-state index in [1.165, 1.54) is 6.42 Å². The number of hydrogen-bond donors (Lipinski definition) is 2. The highest BCUT2D eigenvalue weighted by Gasteiger charge is 2.39. The van der Waals surface area contributed by atoms with E-state index in [1.807, 2.05) is 0 Å². The lowest BCUT2D eigenvalue weighted by Crippen LogP contribution is -2.44. The largest absolute Gasteiger partial charge is 0.393 e. The first kappa shape index (κ1) is 12.9. The summed E-state index contributed by atoms with van der Waals surface area (Å²) in [4.78, 5) is 0. The van der Waals surface area contributed by atoms with Crippen LogP contribution < -0.4 is 5.73 Å². The van der Waals surface area contributed by atoms with Crippen molar-refractivity contribution in [2.24, 2.45) is 11.7 Å². The van der Waals surface area contributed by atoms with Crippen molar-refractivity contribution in [1.29, 1.82) is 0 Å². The van der Waals surface area contributed by atoms with E-state index in [4.69, 9.17) is 10.5 Å². The molecule has 0 aromatic rings. The minimum absolute atomic E-state index is 0.0411. The minimum atomic E-state index is -0.296. The zero-order valence-corrected chi connectivity index (χ0v) is 10.0. The molecule has 1 saturated carbocycles. The second kappa shape index (κ2) is 5.83. The molecule has 2 unspecified atom stereocenters. The van der Waals surface area contributed by atoms with E-state index in [0.717, 1.165) is 32.1 Å². The minimum Gasteiger partial charge on any atom is -0.393 e. The summed E-state index contributed by atoms with van der Waals surface area (Å²) in [5.41, 5.74) is 5.64. The first-order valence-corrected chi connectivity index (χ1v) is 6.10. The molecule has 3 heteroatoms. The lowest BCUT2D eigenvalue weighted by atomic mass is 9.74. The van der Waals surface area contributed by atoms with E-state index in [1.54, 1.807) is 7.11 Å². The molecule has 90 valence electrons. The monoisotopic (exact) mass is 215 g/mol. The van der Waals surface area contributed by atoms with Gasteiger partial charge in [0.05, 0.1) is 11.7 Å². The fraction of sp³-hybridized carbons (Fsp3) is 1.00. The van der Waals surface area contributed by atoms with Crippen LogP contribution >= 0.6 is 0 Å². The molecule has 1 fully saturated rings. The van der Waals surface area contributed by atoms with Crippen LogP contribution in [-0.4, -0.2) is 30.5 Å². The van der Waals surface area contributed by atoms with Crippen molar-refractivity contribution in [3.63, 3.8) is 0 Å². The van der Waals surface area contributed by atoms with Crippen LogP contribution in [0.15, 0.2) is 0 Å². The number of hydrogen-bond acceptors (Lipinski definition) is 3. The number of methoxy groups -OCH3 is 1. The first-order chi connectivity index (χ1) is 7.17. The van der Waals surface area contributed by atoms with Gasteiger partial charge in [0.2, 0.25) is 0 Å². The van der Waals surface area contributed by atoms with Crippen LogP contribution in [-0.2, 0) is 4.74 Å². The third kappa shape index (κ3) is 3.16. The second-order valence-electron chi connectivity index (χ2n) is 4.80. The number of aliphatic hydroxyl groups is 1. The van der Waals surface area contributed by atoms with Crippen LogP contribution in [0.25, 0.3) is 0 Å². The molecule has 0 aromatic heterocycles. The molecule has 15 heavy (non-hydrogen) atoms. The fourth-order valence-corrected chi connectivity index (χ4v) is 2.45. The maximum atomic E-state index is 10.1. The molecule has 0 aliphatic heterocycles. The first-order valence-electron chi connectivity index (χ1n) is 6.10. The van der Waals surface area contributed by atoms with Gasteiger partial charge in [0.15, 0.2) is 0 Å². The molecule has 1 aliphatic rings. The molecule has 0 radical (unpaired) electrons. The van der Waals surface area contributed by atoms with E-state index in [2.05, 4.69) is 6.92 Å². The van der Waals surface area contributed by atoms with E-state index in [-0.39, 0.29) is 17.6 Å². The normalized spacial score (nSPS) is 23.2. The van der Waals surface area contributed by atoms with Crippen molar-refractivity contribution in [2.45, 2.75) is 57.2 Å². The van der Waals surface area contributed by atoms with Gasteiger partial charge < -0.3 is 15.6 Å². The Balaban J connectivity index is 2.41. The molecule has 0 heterocycles. The standard InChI is InChI=1S/C12H25NO2/c1-3-5-10(9-13)11(14)8-12(15-2)6-4-7-12/h10-11,14H,3-9,13H2,1-2H3. The van der Waals surface area contributed by atoms with Crippen LogP contribution in [0.1, 0.15) is 45.4 Å². The van der Waals surface area contributed by atoms with Crippen LogP contribution in [0, 0.1) is 5.92 Å². The van der Waals surface area contributed by atoms with Gasteiger partial charge in [0, 0.05) is 13.5 Å². The summed E-state index contributed by atoms with van der Waals surface area (Å²) in [6.45, 7) is 2.71. The molecular formula is C12H25NO2. The summed E-state index contributed by atoms with van der Waals surface area (Å²) < 4.78 is 5.52. The fourth-order valence-electron chi connectivity index (χ4n) is 2.45. The van der Waals surface area contributed by atoms with Gasteiger partial charge in [-0.25, -0.2) is 0 Å². The Labute approximate surface area is 93.0 Å². The molecule has 0 saturated heterocycles. The summed E-state index contributed by atoms with van der Waals surface area (Å²) in [5, 5.41) is 10.1. The average Bonchev–Trinajstić information content (AvgIpc) is 2.19. The van der Waals surface area contributed by atoms with Crippen LogP contribution in [0.5, 0.6) is 0 Å². The van der Waals surface area contributed by atoms with Crippen molar-refractivity contribution in [3.05, 3.63) is 0 Å². The molecule has 3 N–H and O–H groups in total. The maximum Gasteiger partial charge on any atom is 0.0703 e. The van der Waals surface area contributed by atoms with Gasteiger partial charge in [0.1, 0.15) is 0 Å². The van der Waals surface area contributed by atoms with E-state index < -0.39 is 0 Å². The van der Waals surface area contributed by atoms with Crippen molar-refractivity contribution in [2.75, 3.05) is 13.7 Å². The molecule has 1 aliphatic carbocycles. The van der Waals surface area contributed by atoms with Crippen LogP contribution in [0.3, 0.4) is 0 Å². The van der Waals surface area contributed by atoms with Crippen LogP contribution in [0.2, 0.25) is 0 Å². The van der Waals surface area contributed by atoms with Gasteiger partial charge >= 0.3 is 0 Å². The van der Waals surface area contributed by atoms with Gasteiger partial charge in [-0.1, -0.05) is 13.3 Å². The second-order valence-corrected chi connectivity index (χ2v) is 4.80. The molecule has 0 aromatic carbocycles. The molecule has 0 spiro atoms. The van der Waals surface area contributed by atoms with E-state index >= 15 is 0 Å². The van der Waals surface area contributed by atoms with Gasteiger partial charge in [0.25, 0.3) is 0 Å². The van der Waals surface area contributed by atoms with Gasteiger partial charge in [-0.3, -0.25) is 0 Å². The van der Waals surface area contributed by atoms with E-state index in [9.17, 15) is 5.11 Å². The molecule has 1 rings (SSSR count). The highest BCUT2D eigenvalue weighted by atomic mass is 16.5. The summed E-state index contributed by atoms with van der Waals surface area (Å²) in [5.74, 6) is 0.239. The Kier molecular flexibility index (Phi) is 5.03. The Morgan fingerprint density at radius 1 is 1.47 bits per heavy atom. The van der Waals surface area contributed by atoms with Crippen LogP contribution in [0.4, 0.5) is 0 Å². The SMILES string of the molecule is CCCC(CN)C(O)CC1(OC)CCC1. The summed E-state index contributed by atoms with van der Waals surface area (Å²) in [6.07, 6.45) is 5.95. The lowest BCUT2D eigenvalue weighted by Gasteiger charge is -2.43. The van der Waals surface area contributed by atoms with Crippen molar-refractivity contribution < 1.29 is 9.84 Å². The maximum absolute atomic E-state index is 10.1. The summed E-state index contributed by atoms with van der Waals surface area (Å²) in [7, 11) is 1.75. The molecule has 0 bridgehead atoms. The lowest BCUT2D eigenvalue weighted by molar-refractivity contribution is -0.107. The Hall–Kier alpha value is -0.120. The average molecular weight is 215 g/mol. The Bertz CT molecular complexity index is 175. The topological polar surface area (TPSA) is 55.5 Å². The van der Waals surface area contributed by atoms with Gasteiger partial charge in [-0.05, 0) is 38.1 Å². The third-order valence-corrected chi connectivity index (χ3v) is 3.79. The molecule has 2 atom stereocenters. The number of rotatable bonds is 7. The number of nitrogens with two attached hydrogens (primary N) is 1. The predicted octanol–water partition coefficient (Wildman–Crippen LogP) is 1.68. The van der Waals surface area contributed by atoms with E-state index in [0.29, 0.717) is 6.54 Å². The quantitative estimate of drug-likeness (QED) is 0.679. The highest BCUT2D eigenvalue weighted by Crippen LogP contribution is 2.40. The Morgan fingerprint density at radius 2 is 2.13 bits per heavy atom. The summed E-state index contributed by atoms with van der Waals surface area (Å²) in [6, 6.07) is 0. The molecular weight excluding hydrogens is 190 g/mol. The zero-order valence-electron chi connectivity index (χ0n) is 10.0. The zero-order chi connectivity index (χ0) is 11.3. The smallest absolute Gasteiger partial charge is 0.0703 e. The number of ether oxygens (including phenoxy) is 1. The third-order valence-electron chi connectivity index (χ3n) is 3.79. The van der Waals surface area contributed by atoms with Gasteiger partial charge in [-0.15, -0.1) is 0 Å². The Morgan fingerprint density at radius 3 is 2.47 bits per heavy atom. The number of aliphatic hydroxyl groups excluding tert-OH is 1. The van der Waals surface area contributed by atoms with Gasteiger partial charge in [-0.2, -0.15) is 0 Å². The van der Waals surface area contributed by atoms with Crippen molar-refractivity contribution in [3.8, 4) is 0 Å². The van der Waals surface area contributed by atoms with Crippen molar-refractivity contribution in [1.82, 2.24) is 0 Å². The molecule has 3 nitrogen and oxygen atoms in total.